The second kappa shape index (κ2) is 7.97. The number of pyridine rings is 1. The van der Waals surface area contributed by atoms with E-state index in [1.807, 2.05) is 6.07 Å². The van der Waals surface area contributed by atoms with Gasteiger partial charge in [0.15, 0.2) is 0 Å². The van der Waals surface area contributed by atoms with Crippen molar-refractivity contribution in [2.75, 3.05) is 10.6 Å². The van der Waals surface area contributed by atoms with E-state index in [0.29, 0.717) is 16.8 Å². The lowest BCUT2D eigenvalue weighted by Crippen LogP contribution is -2.28. The van der Waals surface area contributed by atoms with Crippen LogP contribution >= 0.6 is 0 Å². The van der Waals surface area contributed by atoms with E-state index >= 15 is 0 Å². The summed E-state index contributed by atoms with van der Waals surface area (Å²) in [5.41, 5.74) is 0.799. The number of amides is 2. The summed E-state index contributed by atoms with van der Waals surface area (Å²) >= 11 is 0. The van der Waals surface area contributed by atoms with Gasteiger partial charge in [0.25, 0.3) is 5.56 Å². The number of nitrogens with one attached hydrogen (secondary N) is 2. The molecule has 6 nitrogen and oxygen atoms in total. The third kappa shape index (κ3) is 4.38. The van der Waals surface area contributed by atoms with Gasteiger partial charge in [-0.3, -0.25) is 4.79 Å². The highest BCUT2D eigenvalue weighted by Crippen LogP contribution is 2.11. The van der Waals surface area contributed by atoms with E-state index in [1.165, 1.54) is 29.0 Å². The van der Waals surface area contributed by atoms with Gasteiger partial charge in [0.1, 0.15) is 11.5 Å². The van der Waals surface area contributed by atoms with E-state index in [1.54, 1.807) is 42.5 Å². The van der Waals surface area contributed by atoms with Crippen LogP contribution in [-0.4, -0.2) is 10.6 Å². The molecule has 27 heavy (non-hydrogen) atoms. The number of carbonyl (C=O) groups is 1. The van der Waals surface area contributed by atoms with E-state index < -0.39 is 17.4 Å². The highest BCUT2D eigenvalue weighted by Gasteiger charge is 2.10. The summed E-state index contributed by atoms with van der Waals surface area (Å²) in [4.78, 5) is 24.7. The average Bonchev–Trinajstić information content (AvgIpc) is 2.67. The van der Waals surface area contributed by atoms with Crippen LogP contribution in [0.4, 0.5) is 20.6 Å². The molecule has 134 valence electrons. The molecule has 1 aromatic heterocycles. The van der Waals surface area contributed by atoms with Crippen molar-refractivity contribution in [1.82, 2.24) is 4.57 Å². The fourth-order valence-electron chi connectivity index (χ4n) is 2.52. The summed E-state index contributed by atoms with van der Waals surface area (Å²) in [6, 6.07) is 17.0. The molecular formula is C20H15FN4O2. The average molecular weight is 362 g/mol. The molecule has 2 aromatic carbocycles. The molecule has 7 heteroatoms. The normalized spacial score (nSPS) is 10.1. The van der Waals surface area contributed by atoms with Crippen LogP contribution in [0.1, 0.15) is 11.1 Å². The quantitative estimate of drug-likeness (QED) is 0.744. The van der Waals surface area contributed by atoms with Gasteiger partial charge < -0.3 is 15.2 Å². The maximum Gasteiger partial charge on any atom is 0.323 e. The lowest BCUT2D eigenvalue weighted by molar-refractivity contribution is 0.262. The van der Waals surface area contributed by atoms with E-state index in [9.17, 15) is 14.0 Å². The summed E-state index contributed by atoms with van der Waals surface area (Å²) in [7, 11) is 0. The van der Waals surface area contributed by atoms with Gasteiger partial charge in [-0.05, 0) is 36.4 Å². The molecule has 0 saturated carbocycles. The first-order valence-corrected chi connectivity index (χ1v) is 8.08. The van der Waals surface area contributed by atoms with Gasteiger partial charge in [-0.1, -0.05) is 24.3 Å². The number of aromatic nitrogens is 1. The number of nitrogens with zero attached hydrogens (tertiary/aromatic N) is 2. The molecule has 2 amide bonds. The maximum atomic E-state index is 13.8. The van der Waals surface area contributed by atoms with Crippen molar-refractivity contribution in [3.63, 3.8) is 0 Å². The second-order valence-corrected chi connectivity index (χ2v) is 5.72. The predicted octanol–water partition coefficient (Wildman–Crippen LogP) is 3.55. The van der Waals surface area contributed by atoms with Gasteiger partial charge in [0.05, 0.1) is 18.2 Å². The summed E-state index contributed by atoms with van der Waals surface area (Å²) in [5, 5.41) is 13.9. The third-order valence-electron chi connectivity index (χ3n) is 3.82. The van der Waals surface area contributed by atoms with Gasteiger partial charge in [-0.25, -0.2) is 9.18 Å². The second-order valence-electron chi connectivity index (χ2n) is 5.72. The Morgan fingerprint density at radius 2 is 1.89 bits per heavy atom. The minimum absolute atomic E-state index is 0.0485. The van der Waals surface area contributed by atoms with Gasteiger partial charge in [-0.2, -0.15) is 5.26 Å². The minimum atomic E-state index is -0.620. The number of anilines is 2. The Kier molecular flexibility index (Phi) is 5.28. The van der Waals surface area contributed by atoms with Crippen molar-refractivity contribution in [2.24, 2.45) is 0 Å². The van der Waals surface area contributed by atoms with Crippen molar-refractivity contribution in [2.45, 2.75) is 6.54 Å². The molecule has 0 saturated heterocycles. The van der Waals surface area contributed by atoms with Crippen LogP contribution in [0, 0.1) is 17.1 Å². The molecule has 0 aliphatic heterocycles. The number of halogens is 1. The van der Waals surface area contributed by atoms with Crippen LogP contribution in [-0.2, 0) is 6.54 Å². The smallest absolute Gasteiger partial charge is 0.309 e. The van der Waals surface area contributed by atoms with Gasteiger partial charge in [-0.15, -0.1) is 0 Å². The Hall–Kier alpha value is -3.92. The minimum Gasteiger partial charge on any atom is -0.309 e. The van der Waals surface area contributed by atoms with Crippen LogP contribution in [0.3, 0.4) is 0 Å². The van der Waals surface area contributed by atoms with Crippen LogP contribution in [0.25, 0.3) is 0 Å². The molecule has 0 unspecified atom stereocenters. The van der Waals surface area contributed by atoms with Gasteiger partial charge >= 0.3 is 6.03 Å². The number of carbonyl (C=O) groups excluding carboxylic acids is 1. The number of urea groups is 1. The summed E-state index contributed by atoms with van der Waals surface area (Å²) in [6.07, 6.45) is 1.52. The first-order chi connectivity index (χ1) is 13.1. The third-order valence-corrected chi connectivity index (χ3v) is 3.82. The molecule has 0 fully saturated rings. The SMILES string of the molecule is N#Cc1cccc(NC(=O)Nc2cccn(Cc3ccccc3F)c2=O)c1. The summed E-state index contributed by atoms with van der Waals surface area (Å²) < 4.78 is 15.1. The first-order valence-electron chi connectivity index (χ1n) is 8.08. The monoisotopic (exact) mass is 362 g/mol. The zero-order valence-electron chi connectivity index (χ0n) is 14.1. The number of hydrogen-bond donors (Lipinski definition) is 2. The van der Waals surface area contributed by atoms with Crippen LogP contribution in [0.15, 0.2) is 71.7 Å². The molecular weight excluding hydrogens is 347 g/mol. The van der Waals surface area contributed by atoms with Crippen LogP contribution < -0.4 is 16.2 Å². The lowest BCUT2D eigenvalue weighted by atomic mass is 10.2. The zero-order valence-corrected chi connectivity index (χ0v) is 14.1. The predicted molar refractivity (Wildman–Crippen MR) is 100 cm³/mol. The van der Waals surface area contributed by atoms with Gasteiger partial charge in [0, 0.05) is 17.4 Å². The Morgan fingerprint density at radius 1 is 1.07 bits per heavy atom. The highest BCUT2D eigenvalue weighted by molar-refractivity contribution is 5.99. The molecule has 0 aliphatic carbocycles. The highest BCUT2D eigenvalue weighted by atomic mass is 19.1. The summed E-state index contributed by atoms with van der Waals surface area (Å²) in [5.74, 6) is -0.405. The van der Waals surface area contributed by atoms with E-state index in [2.05, 4.69) is 10.6 Å². The van der Waals surface area contributed by atoms with Crippen molar-refractivity contribution in [1.29, 1.82) is 5.26 Å². The molecule has 3 rings (SSSR count). The van der Waals surface area contributed by atoms with Crippen molar-refractivity contribution >= 4 is 17.4 Å². The van der Waals surface area contributed by atoms with E-state index in [0.717, 1.165) is 0 Å². The van der Waals surface area contributed by atoms with Crippen molar-refractivity contribution in [3.05, 3.63) is 94.2 Å². The number of rotatable bonds is 4. The fraction of sp³-hybridized carbons (Fsp3) is 0.0500. The van der Waals surface area contributed by atoms with E-state index in [4.69, 9.17) is 5.26 Å². The Balaban J connectivity index is 1.75. The molecule has 0 spiro atoms. The number of benzene rings is 2. The number of nitriles is 1. The summed E-state index contributed by atoms with van der Waals surface area (Å²) in [6.45, 7) is 0.0485. The Bertz CT molecular complexity index is 1090. The zero-order chi connectivity index (χ0) is 19.2. The topological polar surface area (TPSA) is 86.9 Å². The van der Waals surface area contributed by atoms with Crippen LogP contribution in [0.5, 0.6) is 0 Å². The molecule has 0 bridgehead atoms. The lowest BCUT2D eigenvalue weighted by Gasteiger charge is -2.11. The van der Waals surface area contributed by atoms with Gasteiger partial charge in [0.2, 0.25) is 0 Å². The Morgan fingerprint density at radius 3 is 2.67 bits per heavy atom. The first kappa shape index (κ1) is 17.9. The van der Waals surface area contributed by atoms with E-state index in [-0.39, 0.29) is 12.2 Å². The molecule has 0 radical (unpaired) electrons. The van der Waals surface area contributed by atoms with Crippen LogP contribution in [0.2, 0.25) is 0 Å². The molecule has 2 N–H and O–H groups in total. The molecule has 1 heterocycles. The molecule has 0 aliphatic rings. The molecule has 3 aromatic rings. The standard InChI is InChI=1S/C20H15FN4O2/c21-17-8-2-1-6-15(17)13-25-10-4-9-18(19(25)26)24-20(27)23-16-7-3-5-14(11-16)12-22/h1-11H,13H2,(H2,23,24,27). The molecule has 0 atom stereocenters. The maximum absolute atomic E-state index is 13.8. The van der Waals surface area contributed by atoms with Crippen molar-refractivity contribution in [3.8, 4) is 6.07 Å². The van der Waals surface area contributed by atoms with Crippen molar-refractivity contribution < 1.29 is 9.18 Å². The Labute approximate surface area is 154 Å². The largest absolute Gasteiger partial charge is 0.323 e. The fourth-order valence-corrected chi connectivity index (χ4v) is 2.52. The number of hydrogen-bond acceptors (Lipinski definition) is 3.